The molecule has 0 fully saturated rings. The lowest BCUT2D eigenvalue weighted by molar-refractivity contribution is 0.424. The highest BCUT2D eigenvalue weighted by Crippen LogP contribution is 2.39. The monoisotopic (exact) mass is 330 g/mol. The maximum absolute atomic E-state index is 4.85. The minimum atomic E-state index is 0.737. The maximum Gasteiger partial charge on any atom is 0.227 e. The summed E-state index contributed by atoms with van der Waals surface area (Å²) in [5, 5.41) is 9.00. The zero-order chi connectivity index (χ0) is 16.0. The molecule has 0 aromatic carbocycles. The molecule has 7 heteroatoms. The fourth-order valence-corrected chi connectivity index (χ4v) is 4.48. The van der Waals surface area contributed by atoms with Crippen molar-refractivity contribution in [2.24, 2.45) is 5.92 Å². The molecule has 0 amide bonds. The van der Waals surface area contributed by atoms with Crippen LogP contribution in [-0.4, -0.2) is 51.7 Å². The molecule has 4 rings (SSSR count). The lowest BCUT2D eigenvalue weighted by Gasteiger charge is -2.18. The summed E-state index contributed by atoms with van der Waals surface area (Å²) >= 11 is 1.83. The summed E-state index contributed by atoms with van der Waals surface area (Å²) < 4.78 is 1.85. The molecule has 23 heavy (non-hydrogen) atoms. The molecule has 0 bridgehead atoms. The predicted molar refractivity (Wildman–Crippen MR) is 94.4 cm³/mol. The van der Waals surface area contributed by atoms with Crippen molar-refractivity contribution in [2.75, 3.05) is 32.5 Å². The van der Waals surface area contributed by atoms with Crippen LogP contribution in [0.25, 0.3) is 15.9 Å². The lowest BCUT2D eigenvalue weighted by Crippen LogP contribution is -2.22. The zero-order valence-corrected chi connectivity index (χ0v) is 14.7. The lowest BCUT2D eigenvalue weighted by atomic mass is 9.89. The number of likely N-dealkylation sites (N-methyl/N-ethyl adjacent to an activating group) is 1. The van der Waals surface area contributed by atoms with Crippen LogP contribution in [0.15, 0.2) is 6.33 Å². The van der Waals surface area contributed by atoms with Crippen molar-refractivity contribution in [2.45, 2.75) is 26.2 Å². The molecule has 0 spiro atoms. The number of nitrogens with zero attached hydrogens (tertiary/aromatic N) is 5. The van der Waals surface area contributed by atoms with E-state index in [1.165, 1.54) is 28.7 Å². The van der Waals surface area contributed by atoms with Gasteiger partial charge in [-0.2, -0.15) is 9.61 Å². The van der Waals surface area contributed by atoms with Gasteiger partial charge >= 0.3 is 0 Å². The van der Waals surface area contributed by atoms with E-state index < -0.39 is 0 Å². The molecule has 0 aliphatic heterocycles. The molecule has 1 atom stereocenters. The van der Waals surface area contributed by atoms with Crippen LogP contribution in [0.5, 0.6) is 0 Å². The summed E-state index contributed by atoms with van der Waals surface area (Å²) in [4.78, 5) is 14.1. The summed E-state index contributed by atoms with van der Waals surface area (Å²) in [7, 11) is 4.13. The van der Waals surface area contributed by atoms with Crippen molar-refractivity contribution in [1.29, 1.82) is 0 Å². The average molecular weight is 330 g/mol. The van der Waals surface area contributed by atoms with Gasteiger partial charge < -0.3 is 10.2 Å². The molecule has 3 aromatic heterocycles. The smallest absolute Gasteiger partial charge is 0.227 e. The Labute approximate surface area is 139 Å². The Morgan fingerprint density at radius 1 is 1.43 bits per heavy atom. The molecule has 1 N–H and O–H groups in total. The number of fused-ring (bicyclic) bond motifs is 5. The molecule has 3 aromatic rings. The van der Waals surface area contributed by atoms with Gasteiger partial charge in [-0.1, -0.05) is 6.92 Å². The fraction of sp³-hybridized carbons (Fsp3) is 0.562. The number of hydrogen-bond acceptors (Lipinski definition) is 6. The number of aryl methyl sites for hydroxylation is 1. The Hall–Kier alpha value is -1.73. The molecular weight excluding hydrogens is 308 g/mol. The average Bonchev–Trinajstić information content (AvgIpc) is 3.10. The standard InChI is InChI=1S/C16H22N6S/c1-10-4-5-12-11(8-10)13-14-18-9-19-22(14)16(20-15(13)23-12)17-6-7-21(2)3/h9-10H,4-8H2,1-3H3,(H,17,20)/t10-/m1/s1. The topological polar surface area (TPSA) is 58.4 Å². The Kier molecular flexibility index (Phi) is 3.69. The van der Waals surface area contributed by atoms with Crippen molar-refractivity contribution in [3.8, 4) is 0 Å². The van der Waals surface area contributed by atoms with Crippen molar-refractivity contribution in [3.05, 3.63) is 16.8 Å². The van der Waals surface area contributed by atoms with Gasteiger partial charge in [0.05, 0.1) is 5.39 Å². The van der Waals surface area contributed by atoms with Gasteiger partial charge in [-0.05, 0) is 44.8 Å². The first kappa shape index (κ1) is 14.8. The molecule has 0 saturated carbocycles. The number of aromatic nitrogens is 4. The van der Waals surface area contributed by atoms with Crippen LogP contribution in [0.4, 0.5) is 5.95 Å². The van der Waals surface area contributed by atoms with Crippen LogP contribution >= 0.6 is 11.3 Å². The highest BCUT2D eigenvalue weighted by atomic mass is 32.1. The fourth-order valence-electron chi connectivity index (χ4n) is 3.27. The summed E-state index contributed by atoms with van der Waals surface area (Å²) in [5.41, 5.74) is 2.39. The van der Waals surface area contributed by atoms with Crippen LogP contribution in [-0.2, 0) is 12.8 Å². The summed E-state index contributed by atoms with van der Waals surface area (Å²) in [6, 6.07) is 0. The van der Waals surface area contributed by atoms with Gasteiger partial charge in [-0.25, -0.2) is 9.97 Å². The number of thiophene rings is 1. The van der Waals surface area contributed by atoms with Crippen LogP contribution < -0.4 is 5.32 Å². The first-order chi connectivity index (χ1) is 11.1. The molecule has 0 saturated heterocycles. The van der Waals surface area contributed by atoms with Crippen molar-refractivity contribution < 1.29 is 0 Å². The second kappa shape index (κ2) is 5.72. The van der Waals surface area contributed by atoms with Crippen LogP contribution in [0, 0.1) is 5.92 Å². The number of rotatable bonds is 4. The van der Waals surface area contributed by atoms with Crippen molar-refractivity contribution >= 4 is 33.1 Å². The van der Waals surface area contributed by atoms with Crippen molar-refractivity contribution in [3.63, 3.8) is 0 Å². The van der Waals surface area contributed by atoms with Gasteiger partial charge in [-0.3, -0.25) is 0 Å². The predicted octanol–water partition coefficient (Wildman–Crippen LogP) is 2.44. The van der Waals surface area contributed by atoms with Gasteiger partial charge in [0.1, 0.15) is 11.2 Å². The third-order valence-electron chi connectivity index (χ3n) is 4.51. The number of hydrogen-bond donors (Lipinski definition) is 1. The molecular formula is C16H22N6S. The Bertz CT molecular complexity index is 849. The summed E-state index contributed by atoms with van der Waals surface area (Å²) in [6.07, 6.45) is 5.20. The van der Waals surface area contributed by atoms with E-state index in [4.69, 9.17) is 4.98 Å². The third kappa shape index (κ3) is 2.57. The quantitative estimate of drug-likeness (QED) is 0.796. The molecule has 6 nitrogen and oxygen atoms in total. The normalized spacial score (nSPS) is 18.0. The first-order valence-electron chi connectivity index (χ1n) is 8.16. The van der Waals surface area contributed by atoms with Crippen LogP contribution in [0.1, 0.15) is 23.8 Å². The third-order valence-corrected chi connectivity index (χ3v) is 5.70. The van der Waals surface area contributed by atoms with Gasteiger partial charge in [0.25, 0.3) is 0 Å². The van der Waals surface area contributed by atoms with Crippen LogP contribution in [0.2, 0.25) is 0 Å². The molecule has 1 aliphatic rings. The summed E-state index contributed by atoms with van der Waals surface area (Å²) in [5.74, 6) is 1.53. The molecule has 122 valence electrons. The van der Waals surface area contributed by atoms with E-state index in [0.717, 1.165) is 41.9 Å². The number of nitrogens with one attached hydrogen (secondary N) is 1. The van der Waals surface area contributed by atoms with Gasteiger partial charge in [0.2, 0.25) is 5.95 Å². The Morgan fingerprint density at radius 2 is 2.30 bits per heavy atom. The molecule has 1 aliphatic carbocycles. The Balaban J connectivity index is 1.81. The van der Waals surface area contributed by atoms with E-state index in [9.17, 15) is 0 Å². The van der Waals surface area contributed by atoms with Crippen molar-refractivity contribution in [1.82, 2.24) is 24.5 Å². The first-order valence-corrected chi connectivity index (χ1v) is 8.97. The highest BCUT2D eigenvalue weighted by molar-refractivity contribution is 7.19. The minimum absolute atomic E-state index is 0.737. The van der Waals surface area contributed by atoms with E-state index >= 15 is 0 Å². The molecule has 0 radical (unpaired) electrons. The van der Waals surface area contributed by atoms with E-state index in [1.807, 2.05) is 15.9 Å². The van der Waals surface area contributed by atoms with Gasteiger partial charge in [0.15, 0.2) is 5.65 Å². The van der Waals surface area contributed by atoms with E-state index in [0.29, 0.717) is 0 Å². The largest absolute Gasteiger partial charge is 0.353 e. The zero-order valence-electron chi connectivity index (χ0n) is 13.8. The van der Waals surface area contributed by atoms with Gasteiger partial charge in [-0.15, -0.1) is 11.3 Å². The van der Waals surface area contributed by atoms with Crippen LogP contribution in [0.3, 0.4) is 0 Å². The maximum atomic E-state index is 4.85. The SMILES string of the molecule is C[C@@H]1CCc2sc3nc(NCCN(C)C)n4ncnc4c3c2C1. The minimum Gasteiger partial charge on any atom is -0.353 e. The van der Waals surface area contributed by atoms with E-state index in [1.54, 1.807) is 6.33 Å². The second-order valence-corrected chi connectivity index (χ2v) is 7.78. The Morgan fingerprint density at radius 3 is 3.13 bits per heavy atom. The van der Waals surface area contributed by atoms with Gasteiger partial charge in [0, 0.05) is 18.0 Å². The summed E-state index contributed by atoms with van der Waals surface area (Å²) in [6.45, 7) is 4.12. The van der Waals surface area contributed by atoms with E-state index in [-0.39, 0.29) is 0 Å². The number of anilines is 1. The molecule has 0 unspecified atom stereocenters. The second-order valence-electron chi connectivity index (χ2n) is 6.69. The van der Waals surface area contributed by atoms with E-state index in [2.05, 4.69) is 41.3 Å². The molecule has 3 heterocycles. The highest BCUT2D eigenvalue weighted by Gasteiger charge is 2.24.